The Bertz CT molecular complexity index is 891. The topological polar surface area (TPSA) is 89.3 Å². The van der Waals surface area contributed by atoms with Gasteiger partial charge in [0.2, 0.25) is 10.0 Å². The molecule has 1 aliphatic carbocycles. The number of rotatable bonds is 4. The smallest absolute Gasteiger partial charge is 0.255 e. The third kappa shape index (κ3) is 6.94. The van der Waals surface area contributed by atoms with Crippen LogP contribution in [0, 0.1) is 0 Å². The van der Waals surface area contributed by atoms with Gasteiger partial charge in [0.25, 0.3) is 5.91 Å². The van der Waals surface area contributed by atoms with Crippen LogP contribution in [0.1, 0.15) is 61.9 Å². The van der Waals surface area contributed by atoms with Gasteiger partial charge >= 0.3 is 0 Å². The number of alkyl halides is 1. The zero-order chi connectivity index (χ0) is 21.5. The van der Waals surface area contributed by atoms with Gasteiger partial charge in [0.15, 0.2) is 0 Å². The lowest BCUT2D eigenvalue weighted by Crippen LogP contribution is -2.23. The fourth-order valence-corrected chi connectivity index (χ4v) is 3.05. The van der Waals surface area contributed by atoms with Crippen LogP contribution in [-0.2, 0) is 15.7 Å². The Morgan fingerprint density at radius 1 is 1.00 bits per heavy atom. The van der Waals surface area contributed by atoms with Crippen molar-refractivity contribution in [2.75, 3.05) is 5.32 Å². The van der Waals surface area contributed by atoms with E-state index >= 15 is 0 Å². The van der Waals surface area contributed by atoms with Gasteiger partial charge in [-0.05, 0) is 69.4 Å². The van der Waals surface area contributed by atoms with Gasteiger partial charge < -0.3 is 5.32 Å². The molecule has 0 atom stereocenters. The summed E-state index contributed by atoms with van der Waals surface area (Å²) >= 11 is 0. The summed E-state index contributed by atoms with van der Waals surface area (Å²) in [5, 5.41) is 7.04. The van der Waals surface area contributed by atoms with Crippen LogP contribution in [-0.4, -0.2) is 19.6 Å². The summed E-state index contributed by atoms with van der Waals surface area (Å²) in [6, 6.07) is 16.2. The van der Waals surface area contributed by atoms with Gasteiger partial charge in [0.1, 0.15) is 5.67 Å². The average Bonchev–Trinajstić information content (AvgIpc) is 2.69. The normalized spacial score (nSPS) is 15.9. The zero-order valence-corrected chi connectivity index (χ0v) is 17.7. The number of amides is 1. The fourth-order valence-electron chi connectivity index (χ4n) is 3.05. The van der Waals surface area contributed by atoms with Crippen LogP contribution in [0.3, 0.4) is 0 Å². The van der Waals surface area contributed by atoms with E-state index in [1.807, 2.05) is 18.2 Å². The second-order valence-corrected chi connectivity index (χ2v) is 9.68. The Balaban J connectivity index is 0.000000370. The minimum Gasteiger partial charge on any atom is -0.322 e. The van der Waals surface area contributed by atoms with E-state index < -0.39 is 20.9 Å². The fraction of sp³-hybridized carbons (Fsp3) is 0.409. The van der Waals surface area contributed by atoms with E-state index in [2.05, 4.69) is 10.5 Å². The maximum Gasteiger partial charge on any atom is 0.255 e. The van der Waals surface area contributed by atoms with E-state index in [-0.39, 0.29) is 5.91 Å². The Labute approximate surface area is 172 Å². The maximum absolute atomic E-state index is 14.9. The van der Waals surface area contributed by atoms with Crippen LogP contribution in [0.25, 0.3) is 0 Å². The second-order valence-electron chi connectivity index (χ2n) is 7.56. The monoisotopic (exact) mass is 420 g/mol. The molecule has 1 fully saturated rings. The highest BCUT2D eigenvalue weighted by Crippen LogP contribution is 2.40. The highest BCUT2D eigenvalue weighted by atomic mass is 32.2. The molecule has 0 radical (unpaired) electrons. The molecule has 0 saturated heterocycles. The summed E-state index contributed by atoms with van der Waals surface area (Å²) < 4.78 is 35.1. The Morgan fingerprint density at radius 2 is 1.52 bits per heavy atom. The van der Waals surface area contributed by atoms with Crippen molar-refractivity contribution < 1.29 is 17.6 Å². The number of nitrogens with one attached hydrogen (secondary N) is 1. The molecule has 1 saturated carbocycles. The van der Waals surface area contributed by atoms with Crippen molar-refractivity contribution in [2.45, 2.75) is 56.9 Å². The van der Waals surface area contributed by atoms with Gasteiger partial charge in [0.05, 0.1) is 5.25 Å². The molecule has 1 amide bonds. The van der Waals surface area contributed by atoms with Gasteiger partial charge in [-0.15, -0.1) is 0 Å². The lowest BCUT2D eigenvalue weighted by atomic mass is 9.81. The van der Waals surface area contributed by atoms with Gasteiger partial charge in [-0.3, -0.25) is 4.79 Å². The van der Waals surface area contributed by atoms with E-state index in [0.29, 0.717) is 24.1 Å². The van der Waals surface area contributed by atoms with E-state index in [9.17, 15) is 17.6 Å². The average molecular weight is 421 g/mol. The van der Waals surface area contributed by atoms with Crippen molar-refractivity contribution in [1.82, 2.24) is 0 Å². The van der Waals surface area contributed by atoms with Crippen LogP contribution in [0.4, 0.5) is 10.1 Å². The third-order valence-corrected chi connectivity index (χ3v) is 6.31. The molecule has 0 spiro atoms. The Kier molecular flexibility index (Phi) is 7.93. The molecule has 7 heteroatoms. The molecule has 5 nitrogen and oxygen atoms in total. The number of sulfonamides is 1. The minimum atomic E-state index is -3.24. The molecule has 0 bridgehead atoms. The quantitative estimate of drug-likeness (QED) is 0.748. The van der Waals surface area contributed by atoms with E-state index in [0.717, 1.165) is 24.8 Å². The molecule has 2 aromatic carbocycles. The Morgan fingerprint density at radius 3 is 2.00 bits per heavy atom. The van der Waals surface area contributed by atoms with E-state index in [1.54, 1.807) is 36.4 Å². The van der Waals surface area contributed by atoms with Crippen molar-refractivity contribution in [3.63, 3.8) is 0 Å². The summed E-state index contributed by atoms with van der Waals surface area (Å²) in [5.41, 5.74) is 0.836. The van der Waals surface area contributed by atoms with E-state index in [1.165, 1.54) is 13.8 Å². The number of nitrogens with two attached hydrogens (primary N) is 1. The molecule has 0 unspecified atom stereocenters. The third-order valence-electron chi connectivity index (χ3n) is 5.00. The molecule has 1 aliphatic rings. The molecule has 158 valence electrons. The Hall–Kier alpha value is -2.25. The molecule has 0 aromatic heterocycles. The molecule has 0 heterocycles. The van der Waals surface area contributed by atoms with Crippen LogP contribution < -0.4 is 10.5 Å². The maximum atomic E-state index is 14.9. The first-order chi connectivity index (χ1) is 13.6. The SMILES string of the molecule is CC(C)S(N)(=O)=O.O=C(Nc1ccc(C2(F)CCCCC2)cc1)c1ccccc1. The number of hydrogen-bond acceptors (Lipinski definition) is 3. The number of hydrogen-bond donors (Lipinski definition) is 2. The summed E-state index contributed by atoms with van der Waals surface area (Å²) in [6.45, 7) is 3.07. The second kappa shape index (κ2) is 9.98. The van der Waals surface area contributed by atoms with E-state index in [4.69, 9.17) is 0 Å². The molecule has 3 rings (SSSR count). The number of carbonyl (C=O) groups is 1. The zero-order valence-electron chi connectivity index (χ0n) is 16.9. The number of halogens is 1. The first-order valence-electron chi connectivity index (χ1n) is 9.79. The summed E-state index contributed by atoms with van der Waals surface area (Å²) in [4.78, 5) is 12.1. The van der Waals surface area contributed by atoms with Gasteiger partial charge in [0, 0.05) is 11.3 Å². The highest BCUT2D eigenvalue weighted by Gasteiger charge is 2.33. The van der Waals surface area contributed by atoms with Gasteiger partial charge in [-0.1, -0.05) is 36.8 Å². The standard InChI is InChI=1S/C19H20FNO.C3H9NO2S/c20-19(13-5-2-6-14-19)16-9-11-17(12-10-16)21-18(22)15-7-3-1-4-8-15;1-3(2)7(4,5)6/h1,3-4,7-12H,2,5-6,13-14H2,(H,21,22);3H,1-2H3,(H2,4,5,6). The van der Waals surface area contributed by atoms with Crippen LogP contribution in [0.2, 0.25) is 0 Å². The minimum absolute atomic E-state index is 0.152. The number of carbonyl (C=O) groups excluding carboxylic acids is 1. The summed E-state index contributed by atoms with van der Waals surface area (Å²) in [5.74, 6) is -0.152. The van der Waals surface area contributed by atoms with Crippen molar-refractivity contribution in [2.24, 2.45) is 5.14 Å². The van der Waals surface area contributed by atoms with Crippen molar-refractivity contribution >= 4 is 21.6 Å². The lowest BCUT2D eigenvalue weighted by molar-refractivity contribution is 0.102. The van der Waals surface area contributed by atoms with Gasteiger partial charge in [-0.25, -0.2) is 17.9 Å². The highest BCUT2D eigenvalue weighted by molar-refractivity contribution is 7.89. The summed E-state index contributed by atoms with van der Waals surface area (Å²) in [7, 11) is -3.24. The van der Waals surface area contributed by atoms with Crippen LogP contribution in [0.5, 0.6) is 0 Å². The first-order valence-corrected chi connectivity index (χ1v) is 11.4. The van der Waals surface area contributed by atoms with Gasteiger partial charge in [-0.2, -0.15) is 0 Å². The molecule has 0 aliphatic heterocycles. The number of benzene rings is 2. The van der Waals surface area contributed by atoms with Crippen molar-refractivity contribution in [1.29, 1.82) is 0 Å². The van der Waals surface area contributed by atoms with Crippen molar-refractivity contribution in [3.8, 4) is 0 Å². The molecule has 3 N–H and O–H groups in total. The predicted octanol–water partition coefficient (Wildman–Crippen LogP) is 4.75. The largest absolute Gasteiger partial charge is 0.322 e. The van der Waals surface area contributed by atoms with Crippen LogP contribution >= 0.6 is 0 Å². The number of anilines is 1. The number of primary sulfonamides is 1. The lowest BCUT2D eigenvalue weighted by Gasteiger charge is -2.30. The summed E-state index contributed by atoms with van der Waals surface area (Å²) in [6.07, 6.45) is 4.22. The molecule has 2 aromatic rings. The molecular formula is C22H29FN2O3S. The molecule has 29 heavy (non-hydrogen) atoms. The molecular weight excluding hydrogens is 391 g/mol. The van der Waals surface area contributed by atoms with Crippen molar-refractivity contribution in [3.05, 3.63) is 65.7 Å². The predicted molar refractivity (Wildman–Crippen MR) is 115 cm³/mol. The first kappa shape index (κ1) is 23.0. The van der Waals surface area contributed by atoms with Crippen LogP contribution in [0.15, 0.2) is 54.6 Å².